The number of pyridine rings is 1. The molecule has 112 valence electrons. The van der Waals surface area contributed by atoms with Gasteiger partial charge in [0.1, 0.15) is 0 Å². The van der Waals surface area contributed by atoms with Crippen molar-refractivity contribution >= 4 is 0 Å². The second-order valence-corrected chi connectivity index (χ2v) is 4.94. The molecule has 2 aromatic rings. The molecule has 1 unspecified atom stereocenters. The minimum Gasteiger partial charge on any atom is -0.493 e. The van der Waals surface area contributed by atoms with E-state index in [-0.39, 0.29) is 6.04 Å². The summed E-state index contributed by atoms with van der Waals surface area (Å²) in [6.45, 7) is 2.12. The molecule has 4 heteroatoms. The van der Waals surface area contributed by atoms with E-state index in [4.69, 9.17) is 15.2 Å². The van der Waals surface area contributed by atoms with Crippen LogP contribution in [0.1, 0.15) is 29.8 Å². The van der Waals surface area contributed by atoms with Gasteiger partial charge in [0.15, 0.2) is 11.5 Å². The summed E-state index contributed by atoms with van der Waals surface area (Å²) in [6.07, 6.45) is 3.60. The van der Waals surface area contributed by atoms with Crippen molar-refractivity contribution in [3.63, 3.8) is 0 Å². The first kappa shape index (κ1) is 15.3. The maximum atomic E-state index is 6.28. The fraction of sp³-hybridized carbons (Fsp3) is 0.353. The zero-order chi connectivity index (χ0) is 15.2. The van der Waals surface area contributed by atoms with E-state index in [0.29, 0.717) is 17.9 Å². The molecule has 0 fully saturated rings. The van der Waals surface area contributed by atoms with Crippen molar-refractivity contribution in [3.05, 3.63) is 53.3 Å². The lowest BCUT2D eigenvalue weighted by atomic mass is 10.0. The third kappa shape index (κ3) is 3.73. The van der Waals surface area contributed by atoms with Gasteiger partial charge in [-0.25, -0.2) is 0 Å². The summed E-state index contributed by atoms with van der Waals surface area (Å²) in [4.78, 5) is 4.46. The number of aryl methyl sites for hydroxylation is 1. The molecule has 2 N–H and O–H groups in total. The summed E-state index contributed by atoms with van der Waals surface area (Å²) in [5, 5.41) is 0. The monoisotopic (exact) mass is 286 g/mol. The molecule has 0 saturated heterocycles. The number of methoxy groups -OCH3 is 2. The quantitative estimate of drug-likeness (QED) is 0.887. The molecular formula is C17H22N2O2. The SMILES string of the molecule is CCc1ccc(CC(N)c2ccc(OC)c(OC)c2)nc1. The molecule has 21 heavy (non-hydrogen) atoms. The highest BCUT2D eigenvalue weighted by Crippen LogP contribution is 2.30. The summed E-state index contributed by atoms with van der Waals surface area (Å²) in [6, 6.07) is 9.78. The fourth-order valence-electron chi connectivity index (χ4n) is 2.21. The van der Waals surface area contributed by atoms with Gasteiger partial charge in [-0.15, -0.1) is 0 Å². The third-order valence-corrected chi connectivity index (χ3v) is 3.56. The van der Waals surface area contributed by atoms with Crippen LogP contribution < -0.4 is 15.2 Å². The van der Waals surface area contributed by atoms with Crippen molar-refractivity contribution in [2.75, 3.05) is 14.2 Å². The Balaban J connectivity index is 2.13. The molecule has 0 saturated carbocycles. The smallest absolute Gasteiger partial charge is 0.161 e. The molecule has 1 aromatic carbocycles. The minimum atomic E-state index is -0.121. The summed E-state index contributed by atoms with van der Waals surface area (Å²) in [7, 11) is 3.24. The molecule has 0 bridgehead atoms. The predicted molar refractivity (Wildman–Crippen MR) is 83.8 cm³/mol. The normalized spacial score (nSPS) is 12.0. The van der Waals surface area contributed by atoms with Gasteiger partial charge in [-0.3, -0.25) is 4.98 Å². The minimum absolute atomic E-state index is 0.121. The second-order valence-electron chi connectivity index (χ2n) is 4.94. The van der Waals surface area contributed by atoms with Crippen molar-refractivity contribution in [1.29, 1.82) is 0 Å². The van der Waals surface area contributed by atoms with Crippen LogP contribution in [0.15, 0.2) is 36.5 Å². The average Bonchev–Trinajstić information content (AvgIpc) is 2.54. The molecule has 0 aliphatic carbocycles. The molecule has 0 radical (unpaired) electrons. The molecule has 0 aliphatic heterocycles. The summed E-state index contributed by atoms with van der Waals surface area (Å²) in [5.74, 6) is 1.40. The van der Waals surface area contributed by atoms with Crippen molar-refractivity contribution in [2.45, 2.75) is 25.8 Å². The van der Waals surface area contributed by atoms with E-state index in [9.17, 15) is 0 Å². The highest BCUT2D eigenvalue weighted by Gasteiger charge is 2.12. The number of ether oxygens (including phenoxy) is 2. The lowest BCUT2D eigenvalue weighted by molar-refractivity contribution is 0.354. The van der Waals surface area contributed by atoms with Crippen LogP contribution in [-0.2, 0) is 12.8 Å². The Hall–Kier alpha value is -2.07. The Morgan fingerprint density at radius 2 is 1.86 bits per heavy atom. The number of hydrogen-bond acceptors (Lipinski definition) is 4. The van der Waals surface area contributed by atoms with Crippen LogP contribution in [0.2, 0.25) is 0 Å². The number of rotatable bonds is 6. The Kier molecular flexibility index (Phi) is 5.17. The van der Waals surface area contributed by atoms with E-state index >= 15 is 0 Å². The van der Waals surface area contributed by atoms with Crippen LogP contribution in [0.4, 0.5) is 0 Å². The van der Waals surface area contributed by atoms with E-state index in [0.717, 1.165) is 17.7 Å². The van der Waals surface area contributed by atoms with Crippen LogP contribution in [0.25, 0.3) is 0 Å². The van der Waals surface area contributed by atoms with Gasteiger partial charge >= 0.3 is 0 Å². The third-order valence-electron chi connectivity index (χ3n) is 3.56. The molecular weight excluding hydrogens is 264 g/mol. The van der Waals surface area contributed by atoms with E-state index in [1.807, 2.05) is 30.5 Å². The molecule has 1 heterocycles. The fourth-order valence-corrected chi connectivity index (χ4v) is 2.21. The van der Waals surface area contributed by atoms with Crippen LogP contribution in [0.3, 0.4) is 0 Å². The first-order valence-electron chi connectivity index (χ1n) is 7.09. The molecule has 1 aromatic heterocycles. The van der Waals surface area contributed by atoms with E-state index in [1.165, 1.54) is 5.56 Å². The van der Waals surface area contributed by atoms with Gasteiger partial charge in [0.05, 0.1) is 14.2 Å². The Morgan fingerprint density at radius 3 is 2.43 bits per heavy atom. The Morgan fingerprint density at radius 1 is 1.10 bits per heavy atom. The van der Waals surface area contributed by atoms with Gasteiger partial charge in [-0.1, -0.05) is 19.1 Å². The molecule has 0 amide bonds. The Bertz CT molecular complexity index is 582. The van der Waals surface area contributed by atoms with Gasteiger partial charge in [-0.05, 0) is 35.7 Å². The maximum Gasteiger partial charge on any atom is 0.161 e. The lowest BCUT2D eigenvalue weighted by Crippen LogP contribution is -2.14. The largest absolute Gasteiger partial charge is 0.493 e. The van der Waals surface area contributed by atoms with Gasteiger partial charge in [0.25, 0.3) is 0 Å². The van der Waals surface area contributed by atoms with Crippen LogP contribution in [0, 0.1) is 0 Å². The predicted octanol–water partition coefficient (Wildman–Crippen LogP) is 2.90. The summed E-state index contributed by atoms with van der Waals surface area (Å²) in [5.41, 5.74) is 9.51. The molecule has 2 rings (SSSR count). The number of nitrogens with two attached hydrogens (primary N) is 1. The van der Waals surface area contributed by atoms with Gasteiger partial charge in [0, 0.05) is 24.4 Å². The first-order chi connectivity index (χ1) is 10.2. The molecule has 0 spiro atoms. The number of benzene rings is 1. The van der Waals surface area contributed by atoms with E-state index in [2.05, 4.69) is 18.0 Å². The van der Waals surface area contributed by atoms with Crippen LogP contribution >= 0.6 is 0 Å². The lowest BCUT2D eigenvalue weighted by Gasteiger charge is -2.15. The van der Waals surface area contributed by atoms with Crippen molar-refractivity contribution in [2.24, 2.45) is 5.73 Å². The van der Waals surface area contributed by atoms with Crippen LogP contribution in [-0.4, -0.2) is 19.2 Å². The standard InChI is InChI=1S/C17H22N2O2/c1-4-12-5-7-14(19-11-12)10-15(18)13-6-8-16(20-2)17(9-13)21-3/h5-9,11,15H,4,10,18H2,1-3H3. The van der Waals surface area contributed by atoms with Crippen molar-refractivity contribution < 1.29 is 9.47 Å². The topological polar surface area (TPSA) is 57.4 Å². The number of nitrogens with zero attached hydrogens (tertiary/aromatic N) is 1. The number of aromatic nitrogens is 1. The summed E-state index contributed by atoms with van der Waals surface area (Å²) < 4.78 is 10.5. The second kappa shape index (κ2) is 7.09. The van der Waals surface area contributed by atoms with Gasteiger partial charge < -0.3 is 15.2 Å². The highest BCUT2D eigenvalue weighted by atomic mass is 16.5. The highest BCUT2D eigenvalue weighted by molar-refractivity contribution is 5.43. The molecule has 1 atom stereocenters. The first-order valence-corrected chi connectivity index (χ1v) is 7.09. The van der Waals surface area contributed by atoms with Crippen molar-refractivity contribution in [1.82, 2.24) is 4.98 Å². The molecule has 4 nitrogen and oxygen atoms in total. The van der Waals surface area contributed by atoms with Crippen molar-refractivity contribution in [3.8, 4) is 11.5 Å². The zero-order valence-corrected chi connectivity index (χ0v) is 12.8. The van der Waals surface area contributed by atoms with Gasteiger partial charge in [-0.2, -0.15) is 0 Å². The van der Waals surface area contributed by atoms with E-state index in [1.54, 1.807) is 14.2 Å². The molecule has 0 aliphatic rings. The summed E-state index contributed by atoms with van der Waals surface area (Å²) >= 11 is 0. The van der Waals surface area contributed by atoms with E-state index < -0.39 is 0 Å². The van der Waals surface area contributed by atoms with Crippen LogP contribution in [0.5, 0.6) is 11.5 Å². The average molecular weight is 286 g/mol. The zero-order valence-electron chi connectivity index (χ0n) is 12.8. The maximum absolute atomic E-state index is 6.28. The van der Waals surface area contributed by atoms with Gasteiger partial charge in [0.2, 0.25) is 0 Å². The Labute approximate surface area is 125 Å². The number of hydrogen-bond donors (Lipinski definition) is 1.